The van der Waals surface area contributed by atoms with Crippen molar-refractivity contribution in [3.05, 3.63) is 89.7 Å². The van der Waals surface area contributed by atoms with Crippen LogP contribution in [0.15, 0.2) is 73.1 Å². The molecule has 2 N–H and O–H groups in total. The molecule has 1 aliphatic heterocycles. The van der Waals surface area contributed by atoms with E-state index >= 15 is 0 Å². The van der Waals surface area contributed by atoms with Crippen LogP contribution in [0.2, 0.25) is 0 Å². The summed E-state index contributed by atoms with van der Waals surface area (Å²) < 4.78 is 10.6. The molecule has 4 rings (SSSR count). The smallest absolute Gasteiger partial charge is 0.407 e. The van der Waals surface area contributed by atoms with Crippen LogP contribution in [0.1, 0.15) is 21.5 Å². The highest BCUT2D eigenvalue weighted by atomic mass is 16.5. The molecule has 33 heavy (non-hydrogen) atoms. The molecule has 0 spiro atoms. The molecule has 1 saturated heterocycles. The second-order valence-corrected chi connectivity index (χ2v) is 7.56. The third-order valence-electron chi connectivity index (χ3n) is 5.24. The molecule has 0 saturated carbocycles. The number of para-hydroxylation sites is 1. The van der Waals surface area contributed by atoms with E-state index < -0.39 is 6.09 Å². The van der Waals surface area contributed by atoms with Gasteiger partial charge in [0.15, 0.2) is 0 Å². The van der Waals surface area contributed by atoms with Crippen LogP contribution >= 0.6 is 0 Å². The number of carbonyl (C=O) groups excluding carboxylic acids is 2. The lowest BCUT2D eigenvalue weighted by molar-refractivity contribution is 0.102. The van der Waals surface area contributed by atoms with Crippen LogP contribution < -0.4 is 15.5 Å². The number of amides is 2. The van der Waals surface area contributed by atoms with Gasteiger partial charge in [-0.25, -0.2) is 4.79 Å². The Labute approximate surface area is 192 Å². The molecular weight excluding hydrogens is 420 g/mol. The largest absolute Gasteiger partial charge is 0.445 e. The van der Waals surface area contributed by atoms with E-state index in [-0.39, 0.29) is 12.5 Å². The van der Waals surface area contributed by atoms with Gasteiger partial charge in [0, 0.05) is 49.0 Å². The van der Waals surface area contributed by atoms with Gasteiger partial charge in [-0.05, 0) is 35.9 Å². The fourth-order valence-corrected chi connectivity index (χ4v) is 3.51. The Balaban J connectivity index is 1.29. The number of aromatic nitrogens is 1. The van der Waals surface area contributed by atoms with Gasteiger partial charge in [0.25, 0.3) is 5.91 Å². The molecule has 0 aliphatic carbocycles. The SMILES string of the molecule is O=C(NCc1ccc(NC(=O)c2ccccc2N2CCOCC2)cc1)OCc1cccnc1. The monoisotopic (exact) mass is 446 g/mol. The number of hydrogen-bond acceptors (Lipinski definition) is 6. The van der Waals surface area contributed by atoms with E-state index in [9.17, 15) is 9.59 Å². The Bertz CT molecular complexity index is 1070. The first kappa shape index (κ1) is 22.3. The van der Waals surface area contributed by atoms with Crippen LogP contribution in [-0.2, 0) is 22.6 Å². The summed E-state index contributed by atoms with van der Waals surface area (Å²) >= 11 is 0. The molecule has 8 heteroatoms. The van der Waals surface area contributed by atoms with Crippen LogP contribution in [-0.4, -0.2) is 43.3 Å². The van der Waals surface area contributed by atoms with Crippen molar-refractivity contribution in [2.45, 2.75) is 13.2 Å². The third-order valence-corrected chi connectivity index (χ3v) is 5.24. The van der Waals surface area contributed by atoms with E-state index in [0.717, 1.165) is 29.9 Å². The number of carbonyl (C=O) groups is 2. The molecule has 8 nitrogen and oxygen atoms in total. The summed E-state index contributed by atoms with van der Waals surface area (Å²) in [6.45, 7) is 3.31. The first-order valence-corrected chi connectivity index (χ1v) is 10.8. The van der Waals surface area contributed by atoms with E-state index in [1.165, 1.54) is 0 Å². The maximum atomic E-state index is 12.9. The molecular formula is C25H26N4O4. The zero-order valence-corrected chi connectivity index (χ0v) is 18.2. The van der Waals surface area contributed by atoms with E-state index in [4.69, 9.17) is 9.47 Å². The van der Waals surface area contributed by atoms with E-state index in [2.05, 4.69) is 20.5 Å². The summed E-state index contributed by atoms with van der Waals surface area (Å²) in [4.78, 5) is 31.0. The molecule has 0 bridgehead atoms. The number of benzene rings is 2. The van der Waals surface area contributed by atoms with Crippen molar-refractivity contribution in [1.29, 1.82) is 0 Å². The number of ether oxygens (including phenoxy) is 2. The van der Waals surface area contributed by atoms with Crippen molar-refractivity contribution in [3.63, 3.8) is 0 Å². The Hall–Kier alpha value is -3.91. The Morgan fingerprint density at radius 3 is 2.52 bits per heavy atom. The summed E-state index contributed by atoms with van der Waals surface area (Å²) in [5.74, 6) is -0.165. The van der Waals surface area contributed by atoms with Gasteiger partial charge >= 0.3 is 6.09 Å². The maximum Gasteiger partial charge on any atom is 0.407 e. The first-order chi connectivity index (χ1) is 16.2. The highest BCUT2D eigenvalue weighted by molar-refractivity contribution is 6.08. The predicted molar refractivity (Wildman–Crippen MR) is 125 cm³/mol. The van der Waals surface area contributed by atoms with E-state index in [1.54, 1.807) is 18.5 Å². The Morgan fingerprint density at radius 1 is 0.970 bits per heavy atom. The fraction of sp³-hybridized carbons (Fsp3) is 0.240. The number of hydrogen-bond donors (Lipinski definition) is 2. The van der Waals surface area contributed by atoms with Crippen LogP contribution in [0.4, 0.5) is 16.2 Å². The zero-order chi connectivity index (χ0) is 22.9. The molecule has 2 aromatic carbocycles. The molecule has 0 radical (unpaired) electrons. The summed E-state index contributed by atoms with van der Waals surface area (Å²) in [5, 5.41) is 5.67. The highest BCUT2D eigenvalue weighted by Crippen LogP contribution is 2.23. The lowest BCUT2D eigenvalue weighted by Gasteiger charge is -2.30. The summed E-state index contributed by atoms with van der Waals surface area (Å²) in [7, 11) is 0. The molecule has 1 fully saturated rings. The maximum absolute atomic E-state index is 12.9. The standard InChI is InChI=1S/C25H26N4O4/c30-24(22-5-1-2-6-23(22)29-12-14-32-15-13-29)28-21-9-7-19(8-10-21)17-27-25(31)33-18-20-4-3-11-26-16-20/h1-11,16H,12-15,17-18H2,(H,27,31)(H,28,30). The average Bonchev–Trinajstić information content (AvgIpc) is 2.88. The lowest BCUT2D eigenvalue weighted by Crippen LogP contribution is -2.37. The van der Waals surface area contributed by atoms with Gasteiger partial charge in [-0.1, -0.05) is 30.3 Å². The normalized spacial score (nSPS) is 13.3. The first-order valence-electron chi connectivity index (χ1n) is 10.8. The minimum absolute atomic E-state index is 0.163. The molecule has 2 amide bonds. The van der Waals surface area contributed by atoms with E-state index in [1.807, 2.05) is 54.6 Å². The Morgan fingerprint density at radius 2 is 1.76 bits per heavy atom. The van der Waals surface area contributed by atoms with Gasteiger partial charge in [0.05, 0.1) is 18.8 Å². The number of morpholine rings is 1. The van der Waals surface area contributed by atoms with Gasteiger partial charge in [-0.15, -0.1) is 0 Å². The van der Waals surface area contributed by atoms with Crippen LogP contribution in [0.3, 0.4) is 0 Å². The summed E-state index contributed by atoms with van der Waals surface area (Å²) in [6.07, 6.45) is 2.81. The average molecular weight is 447 g/mol. The van der Waals surface area contributed by atoms with Gasteiger partial charge in [0.1, 0.15) is 6.61 Å². The predicted octanol–water partition coefficient (Wildman–Crippen LogP) is 3.60. The molecule has 3 aromatic rings. The zero-order valence-electron chi connectivity index (χ0n) is 18.2. The van der Waals surface area contributed by atoms with Crippen molar-refractivity contribution in [2.75, 3.05) is 36.5 Å². The van der Waals surface area contributed by atoms with Gasteiger partial charge < -0.3 is 25.0 Å². The van der Waals surface area contributed by atoms with Crippen molar-refractivity contribution >= 4 is 23.4 Å². The summed E-state index contributed by atoms with van der Waals surface area (Å²) in [6, 6.07) is 18.5. The topological polar surface area (TPSA) is 92.8 Å². The second kappa shape index (κ2) is 11.1. The number of nitrogens with one attached hydrogen (secondary N) is 2. The van der Waals surface area contributed by atoms with Crippen LogP contribution in [0, 0.1) is 0 Å². The number of nitrogens with zero attached hydrogens (tertiary/aromatic N) is 2. The lowest BCUT2D eigenvalue weighted by atomic mass is 10.1. The third kappa shape index (κ3) is 6.30. The minimum Gasteiger partial charge on any atom is -0.445 e. The molecule has 2 heterocycles. The van der Waals surface area contributed by atoms with Crippen molar-refractivity contribution in [2.24, 2.45) is 0 Å². The Kier molecular flexibility index (Phi) is 7.50. The second-order valence-electron chi connectivity index (χ2n) is 7.56. The molecule has 1 aromatic heterocycles. The molecule has 170 valence electrons. The van der Waals surface area contributed by atoms with Crippen molar-refractivity contribution < 1.29 is 19.1 Å². The molecule has 0 unspecified atom stereocenters. The number of alkyl carbamates (subject to hydrolysis) is 1. The molecule has 1 aliphatic rings. The van der Waals surface area contributed by atoms with E-state index in [0.29, 0.717) is 31.0 Å². The molecule has 0 atom stereocenters. The van der Waals surface area contributed by atoms with Crippen molar-refractivity contribution in [1.82, 2.24) is 10.3 Å². The van der Waals surface area contributed by atoms with Gasteiger partial charge in [0.2, 0.25) is 0 Å². The minimum atomic E-state index is -0.504. The number of pyridine rings is 1. The van der Waals surface area contributed by atoms with Gasteiger partial charge in [-0.2, -0.15) is 0 Å². The van der Waals surface area contributed by atoms with Crippen LogP contribution in [0.5, 0.6) is 0 Å². The number of rotatable bonds is 7. The van der Waals surface area contributed by atoms with Crippen LogP contribution in [0.25, 0.3) is 0 Å². The van der Waals surface area contributed by atoms with Gasteiger partial charge in [-0.3, -0.25) is 9.78 Å². The highest BCUT2D eigenvalue weighted by Gasteiger charge is 2.18. The fourth-order valence-electron chi connectivity index (χ4n) is 3.51. The number of anilines is 2. The summed E-state index contributed by atoms with van der Waals surface area (Å²) in [5.41, 5.74) is 3.92. The van der Waals surface area contributed by atoms with Crippen molar-refractivity contribution in [3.8, 4) is 0 Å². The quantitative estimate of drug-likeness (QED) is 0.576.